The van der Waals surface area contributed by atoms with Gasteiger partial charge in [-0.25, -0.2) is 4.68 Å². The Balaban J connectivity index is 1.32. The lowest BCUT2D eigenvalue weighted by atomic mass is 10.0. The van der Waals surface area contributed by atoms with Crippen LogP contribution in [0, 0.1) is 13.8 Å². The van der Waals surface area contributed by atoms with Crippen molar-refractivity contribution < 1.29 is 18.9 Å². The summed E-state index contributed by atoms with van der Waals surface area (Å²) in [5.74, 6) is -0.392. The molecule has 1 aliphatic rings. The number of carbonyl (C=O) groups excluding carboxylic acids is 2. The van der Waals surface area contributed by atoms with Gasteiger partial charge in [0.15, 0.2) is 0 Å². The Morgan fingerprint density at radius 2 is 1.95 bits per heavy atom. The summed E-state index contributed by atoms with van der Waals surface area (Å²) in [5.41, 5.74) is 5.37. The number of fused-ring (bicyclic) bond motifs is 1. The Morgan fingerprint density at radius 3 is 2.67 bits per heavy atom. The first-order valence-electron chi connectivity index (χ1n) is 13.1. The van der Waals surface area contributed by atoms with Crippen molar-refractivity contribution in [2.45, 2.75) is 43.6 Å². The van der Waals surface area contributed by atoms with Gasteiger partial charge in [-0.1, -0.05) is 34.5 Å². The second-order valence-corrected chi connectivity index (χ2v) is 12.2. The van der Waals surface area contributed by atoms with Crippen molar-refractivity contribution in [3.8, 4) is 0 Å². The number of nitrogens with zero attached hydrogens (tertiary/aromatic N) is 3. The lowest BCUT2D eigenvalue weighted by Gasteiger charge is -2.12. The van der Waals surface area contributed by atoms with E-state index in [-0.39, 0.29) is 37.1 Å². The molecular formula is C29H28Cl2N6O4S. The maximum atomic E-state index is 13.2. The highest BCUT2D eigenvalue weighted by atomic mass is 35.5. The summed E-state index contributed by atoms with van der Waals surface area (Å²) in [4.78, 5) is 29.4. The van der Waals surface area contributed by atoms with Crippen molar-refractivity contribution >= 4 is 63.2 Å². The van der Waals surface area contributed by atoms with Gasteiger partial charge in [0.2, 0.25) is 5.91 Å². The summed E-state index contributed by atoms with van der Waals surface area (Å²) >= 11 is 12.6. The zero-order chi connectivity index (χ0) is 30.0. The van der Waals surface area contributed by atoms with Crippen molar-refractivity contribution in [2.75, 3.05) is 11.9 Å². The summed E-state index contributed by atoms with van der Waals surface area (Å²) in [6, 6.07) is 10.3. The van der Waals surface area contributed by atoms with E-state index in [1.807, 2.05) is 13.8 Å². The number of carbonyl (C=O) groups is 2. The minimum Gasteiger partial charge on any atom is -0.389 e. The topological polar surface area (TPSA) is 142 Å². The molecule has 0 fully saturated rings. The molecule has 2 amide bonds. The van der Waals surface area contributed by atoms with Crippen molar-refractivity contribution in [3.63, 3.8) is 0 Å². The first-order valence-corrected chi connectivity index (χ1v) is 15.1. The molecule has 4 N–H and O–H groups in total. The lowest BCUT2D eigenvalue weighted by molar-refractivity contribution is -0.121. The van der Waals surface area contributed by atoms with E-state index in [0.717, 1.165) is 16.8 Å². The highest BCUT2D eigenvalue weighted by molar-refractivity contribution is 7.84. The van der Waals surface area contributed by atoms with Crippen LogP contribution < -0.4 is 10.6 Å². The number of rotatable bonds is 10. The fraction of sp³-hybridized carbons (Fsp3) is 0.241. The largest absolute Gasteiger partial charge is 0.389 e. The molecule has 2 unspecified atom stereocenters. The van der Waals surface area contributed by atoms with E-state index >= 15 is 0 Å². The van der Waals surface area contributed by atoms with Gasteiger partial charge >= 0.3 is 0 Å². The molecule has 4 aromatic rings. The average molecular weight is 628 g/mol. The zero-order valence-corrected chi connectivity index (χ0v) is 25.1. The minimum atomic E-state index is -1.46. The normalized spacial score (nSPS) is 15.0. The van der Waals surface area contributed by atoms with Gasteiger partial charge in [-0.3, -0.25) is 13.8 Å². The van der Waals surface area contributed by atoms with Crippen molar-refractivity contribution in [2.24, 2.45) is 0 Å². The molecule has 2 atom stereocenters. The highest BCUT2D eigenvalue weighted by Crippen LogP contribution is 2.36. The number of halogens is 2. The molecule has 0 spiro atoms. The third-order valence-corrected chi connectivity index (χ3v) is 9.07. The Hall–Kier alpha value is -3.77. The Bertz CT molecular complexity index is 1700. The molecule has 13 heteroatoms. The van der Waals surface area contributed by atoms with Crippen LogP contribution in [-0.2, 0) is 39.1 Å². The summed E-state index contributed by atoms with van der Waals surface area (Å²) in [5, 5.41) is 24.2. The van der Waals surface area contributed by atoms with Crippen molar-refractivity contribution in [3.05, 3.63) is 92.5 Å². The lowest BCUT2D eigenvalue weighted by Crippen LogP contribution is -2.35. The number of hydrogen-bond donors (Lipinski definition) is 4. The van der Waals surface area contributed by atoms with Crippen LogP contribution in [0.5, 0.6) is 0 Å². The van der Waals surface area contributed by atoms with Gasteiger partial charge in [-0.2, -0.15) is 0 Å². The molecule has 2 aromatic heterocycles. The molecule has 218 valence electrons. The fourth-order valence-corrected chi connectivity index (χ4v) is 6.67. The van der Waals surface area contributed by atoms with E-state index in [0.29, 0.717) is 43.0 Å². The monoisotopic (exact) mass is 626 g/mol. The molecule has 0 aliphatic carbocycles. The first-order chi connectivity index (χ1) is 20.1. The SMILES string of the molecule is Cc1[nH]c(/C=C2\C(=O)Nc3ccc(S(=O)Cc4c(Cl)cccc4Cl)cc32)c(C)c1CC(=O)NCC(O)Cn1ccnn1. The molecule has 5 rings (SSSR count). The van der Waals surface area contributed by atoms with E-state index in [1.165, 1.54) is 10.9 Å². The third kappa shape index (κ3) is 6.49. The van der Waals surface area contributed by atoms with E-state index in [4.69, 9.17) is 23.2 Å². The quantitative estimate of drug-likeness (QED) is 0.196. The van der Waals surface area contributed by atoms with Crippen LogP contribution in [0.3, 0.4) is 0 Å². The number of nitrogens with one attached hydrogen (secondary N) is 3. The Labute approximate surface area is 254 Å². The number of aromatic nitrogens is 4. The summed E-state index contributed by atoms with van der Waals surface area (Å²) < 4.78 is 14.7. The molecule has 0 saturated carbocycles. The van der Waals surface area contributed by atoms with Gasteiger partial charge in [0.25, 0.3) is 5.91 Å². The van der Waals surface area contributed by atoms with Gasteiger partial charge in [-0.15, -0.1) is 5.10 Å². The van der Waals surface area contributed by atoms with Crippen LogP contribution in [0.15, 0.2) is 53.7 Å². The number of aliphatic hydroxyl groups is 1. The molecule has 2 aromatic carbocycles. The van der Waals surface area contributed by atoms with Crippen LogP contribution in [0.2, 0.25) is 10.0 Å². The Kier molecular flexibility index (Phi) is 8.93. The van der Waals surface area contributed by atoms with Crippen LogP contribution in [0.1, 0.15) is 33.6 Å². The predicted molar refractivity (Wildman–Crippen MR) is 163 cm³/mol. The van der Waals surface area contributed by atoms with Gasteiger partial charge in [0.05, 0.1) is 47.4 Å². The average Bonchev–Trinajstić information content (AvgIpc) is 3.64. The van der Waals surface area contributed by atoms with Gasteiger partial charge in [-0.05, 0) is 61.4 Å². The number of aromatic amines is 1. The maximum absolute atomic E-state index is 13.2. The molecule has 0 saturated heterocycles. The molecular weight excluding hydrogens is 599 g/mol. The minimum absolute atomic E-state index is 0.0709. The molecule has 0 bridgehead atoms. The summed E-state index contributed by atoms with van der Waals surface area (Å²) in [6.07, 6.45) is 4.18. The van der Waals surface area contributed by atoms with Crippen LogP contribution >= 0.6 is 23.2 Å². The second kappa shape index (κ2) is 12.6. The van der Waals surface area contributed by atoms with Gasteiger partial charge in [0, 0.05) is 55.9 Å². The number of H-pyrrole nitrogens is 1. The number of amides is 2. The molecule has 3 heterocycles. The number of aryl methyl sites for hydroxylation is 1. The van der Waals surface area contributed by atoms with E-state index in [1.54, 1.807) is 48.7 Å². The first kappa shape index (κ1) is 29.7. The van der Waals surface area contributed by atoms with Gasteiger partial charge < -0.3 is 20.7 Å². The van der Waals surface area contributed by atoms with E-state index < -0.39 is 16.9 Å². The van der Waals surface area contributed by atoms with Gasteiger partial charge in [0.1, 0.15) is 0 Å². The summed E-state index contributed by atoms with van der Waals surface area (Å²) in [6.45, 7) is 4.03. The third-order valence-electron chi connectivity index (χ3n) is 7.04. The second-order valence-electron chi connectivity index (χ2n) is 9.94. The number of hydrogen-bond acceptors (Lipinski definition) is 6. The van der Waals surface area contributed by atoms with E-state index in [2.05, 4.69) is 25.9 Å². The Morgan fingerprint density at radius 1 is 1.19 bits per heavy atom. The molecule has 0 radical (unpaired) electrons. The number of aliphatic hydroxyl groups excluding tert-OH is 1. The fourth-order valence-electron chi connectivity index (χ4n) is 4.77. The molecule has 42 heavy (non-hydrogen) atoms. The van der Waals surface area contributed by atoms with Crippen molar-refractivity contribution in [1.29, 1.82) is 0 Å². The molecule has 1 aliphatic heterocycles. The van der Waals surface area contributed by atoms with Crippen molar-refractivity contribution in [1.82, 2.24) is 25.3 Å². The van der Waals surface area contributed by atoms with Crippen LogP contribution in [-0.4, -0.2) is 53.8 Å². The smallest absolute Gasteiger partial charge is 0.256 e. The van der Waals surface area contributed by atoms with Crippen LogP contribution in [0.4, 0.5) is 5.69 Å². The highest BCUT2D eigenvalue weighted by Gasteiger charge is 2.26. The standard InChI is InChI=1S/C29H28Cl2N6O4S/c1-16-20(12-28(39)32-13-18(38)14-37-9-8-33-36-37)17(2)34-27(16)11-22-21-10-19(6-7-26(21)35-29(22)40)42(41)15-23-24(30)4-3-5-25(23)31/h3-11,18,34,38H,12-15H2,1-2H3,(H,32,39)(H,35,40)/b22-11-. The summed E-state index contributed by atoms with van der Waals surface area (Å²) in [7, 11) is -1.46. The zero-order valence-electron chi connectivity index (χ0n) is 22.8. The predicted octanol–water partition coefficient (Wildman–Crippen LogP) is 4.05. The molecule has 10 nitrogen and oxygen atoms in total. The van der Waals surface area contributed by atoms with Crippen LogP contribution in [0.25, 0.3) is 11.6 Å². The number of anilines is 1. The number of benzene rings is 2. The van der Waals surface area contributed by atoms with E-state index in [9.17, 15) is 18.9 Å². The maximum Gasteiger partial charge on any atom is 0.256 e.